The first-order chi connectivity index (χ1) is 13.5. The van der Waals surface area contributed by atoms with Crippen molar-refractivity contribution in [3.05, 3.63) is 0 Å². The second-order valence-electron chi connectivity index (χ2n) is 9.62. The largest absolute Gasteiger partial charge is 0.444 e. The number of carbonyl (C=O) groups excluding carboxylic acids is 2. The van der Waals surface area contributed by atoms with Crippen LogP contribution in [0.15, 0.2) is 0 Å². The van der Waals surface area contributed by atoms with E-state index in [1.54, 1.807) is 4.90 Å². The molecule has 0 aromatic carbocycles. The number of piperidine rings is 2. The minimum absolute atomic E-state index is 0.00239. The molecule has 3 aliphatic heterocycles. The van der Waals surface area contributed by atoms with Gasteiger partial charge < -0.3 is 15.0 Å². The lowest BCUT2D eigenvalue weighted by Crippen LogP contribution is -2.55. The molecule has 1 N–H and O–H groups in total. The first-order valence-electron chi connectivity index (χ1n) is 10.8. The van der Waals surface area contributed by atoms with Crippen LogP contribution >= 0.6 is 0 Å². The Kier molecular flexibility index (Phi) is 6.77. The molecule has 0 aromatic rings. The summed E-state index contributed by atoms with van der Waals surface area (Å²) in [5.74, 6) is -0.362. The molecule has 9 heteroatoms. The molecule has 3 aliphatic rings. The summed E-state index contributed by atoms with van der Waals surface area (Å²) in [7, 11) is -3.16. The average molecular weight is 430 g/mol. The maximum Gasteiger partial charge on any atom is 0.410 e. The highest BCUT2D eigenvalue weighted by molar-refractivity contribution is 7.91. The summed E-state index contributed by atoms with van der Waals surface area (Å²) < 4.78 is 30.0. The van der Waals surface area contributed by atoms with Crippen LogP contribution < -0.4 is 5.32 Å². The molecule has 29 heavy (non-hydrogen) atoms. The molecule has 2 amide bonds. The third-order valence-corrected chi connectivity index (χ3v) is 7.67. The molecule has 0 spiro atoms. The fourth-order valence-corrected chi connectivity index (χ4v) is 6.51. The van der Waals surface area contributed by atoms with Crippen LogP contribution in [-0.4, -0.2) is 85.6 Å². The quantitative estimate of drug-likeness (QED) is 0.729. The van der Waals surface area contributed by atoms with Gasteiger partial charge in [-0.05, 0) is 59.5 Å². The molecule has 3 heterocycles. The molecular weight excluding hydrogens is 394 g/mol. The van der Waals surface area contributed by atoms with Gasteiger partial charge >= 0.3 is 6.09 Å². The van der Waals surface area contributed by atoms with Crippen molar-refractivity contribution in [2.75, 3.05) is 37.7 Å². The maximum atomic E-state index is 12.9. The molecule has 0 aromatic heterocycles. The van der Waals surface area contributed by atoms with E-state index >= 15 is 0 Å². The van der Waals surface area contributed by atoms with E-state index in [9.17, 15) is 18.0 Å². The number of hydrogen-bond donors (Lipinski definition) is 1. The number of rotatable bonds is 3. The van der Waals surface area contributed by atoms with Gasteiger partial charge in [0.1, 0.15) is 5.60 Å². The molecule has 0 aliphatic carbocycles. The van der Waals surface area contributed by atoms with Crippen molar-refractivity contribution in [2.24, 2.45) is 5.92 Å². The van der Waals surface area contributed by atoms with Crippen molar-refractivity contribution in [1.29, 1.82) is 0 Å². The SMILES string of the molecule is CC(C)(C)OC(=O)N1CCCC(C(=O)NC2CS(=O)(=O)CC2N2CCCCC2)C1. The minimum atomic E-state index is -3.16. The van der Waals surface area contributed by atoms with Gasteiger partial charge in [0.25, 0.3) is 0 Å². The zero-order valence-electron chi connectivity index (χ0n) is 17.9. The third kappa shape index (κ3) is 6.07. The summed E-state index contributed by atoms with van der Waals surface area (Å²) in [6, 6.07) is -0.516. The van der Waals surface area contributed by atoms with Crippen LogP contribution in [0, 0.1) is 5.92 Å². The van der Waals surface area contributed by atoms with Crippen molar-refractivity contribution in [3.63, 3.8) is 0 Å². The Morgan fingerprint density at radius 2 is 1.69 bits per heavy atom. The van der Waals surface area contributed by atoms with E-state index in [1.165, 1.54) is 6.42 Å². The lowest BCUT2D eigenvalue weighted by Gasteiger charge is -2.36. The second-order valence-corrected chi connectivity index (χ2v) is 11.8. The molecule has 166 valence electrons. The summed E-state index contributed by atoms with van der Waals surface area (Å²) in [6.45, 7) is 8.13. The summed E-state index contributed by atoms with van der Waals surface area (Å²) in [5.41, 5.74) is -0.577. The number of nitrogens with one attached hydrogen (secondary N) is 1. The van der Waals surface area contributed by atoms with Crippen LogP contribution in [0.1, 0.15) is 52.9 Å². The molecule has 0 radical (unpaired) electrons. The predicted octanol–water partition coefficient (Wildman–Crippen LogP) is 1.40. The number of ether oxygens (including phenoxy) is 1. The van der Waals surface area contributed by atoms with Crippen LogP contribution in [0.3, 0.4) is 0 Å². The summed E-state index contributed by atoms with van der Waals surface area (Å²) >= 11 is 0. The van der Waals surface area contributed by atoms with E-state index in [4.69, 9.17) is 4.74 Å². The van der Waals surface area contributed by atoms with Crippen molar-refractivity contribution in [3.8, 4) is 0 Å². The van der Waals surface area contributed by atoms with E-state index in [2.05, 4.69) is 10.2 Å². The third-order valence-electron chi connectivity index (χ3n) is 5.95. The van der Waals surface area contributed by atoms with Crippen molar-refractivity contribution < 1.29 is 22.7 Å². The zero-order chi connectivity index (χ0) is 21.2. The number of sulfone groups is 1. The first kappa shape index (κ1) is 22.3. The van der Waals surface area contributed by atoms with Crippen LogP contribution in [0.2, 0.25) is 0 Å². The molecule has 8 nitrogen and oxygen atoms in total. The Morgan fingerprint density at radius 3 is 2.34 bits per heavy atom. The van der Waals surface area contributed by atoms with Gasteiger partial charge in [-0.3, -0.25) is 9.69 Å². The first-order valence-corrected chi connectivity index (χ1v) is 12.6. The highest BCUT2D eigenvalue weighted by Gasteiger charge is 2.43. The highest BCUT2D eigenvalue weighted by Crippen LogP contribution is 2.24. The number of hydrogen-bond acceptors (Lipinski definition) is 6. The fourth-order valence-electron chi connectivity index (χ4n) is 4.56. The molecule has 0 bridgehead atoms. The zero-order valence-corrected chi connectivity index (χ0v) is 18.7. The van der Waals surface area contributed by atoms with Gasteiger partial charge in [-0.15, -0.1) is 0 Å². The lowest BCUT2D eigenvalue weighted by atomic mass is 9.96. The van der Waals surface area contributed by atoms with E-state index in [0.717, 1.165) is 32.4 Å². The maximum absolute atomic E-state index is 12.9. The highest BCUT2D eigenvalue weighted by atomic mass is 32.2. The lowest BCUT2D eigenvalue weighted by molar-refractivity contribution is -0.127. The van der Waals surface area contributed by atoms with Gasteiger partial charge in [-0.25, -0.2) is 13.2 Å². The Bertz CT molecular complexity index is 712. The number of amides is 2. The minimum Gasteiger partial charge on any atom is -0.444 e. The monoisotopic (exact) mass is 429 g/mol. The van der Waals surface area contributed by atoms with Crippen molar-refractivity contribution >= 4 is 21.8 Å². The molecule has 3 unspecified atom stereocenters. The molecule has 3 fully saturated rings. The van der Waals surface area contributed by atoms with Crippen LogP contribution in [0.5, 0.6) is 0 Å². The van der Waals surface area contributed by atoms with Crippen molar-refractivity contribution in [2.45, 2.75) is 70.6 Å². The Balaban J connectivity index is 1.61. The van der Waals surface area contributed by atoms with Crippen LogP contribution in [0.25, 0.3) is 0 Å². The Morgan fingerprint density at radius 1 is 1.00 bits per heavy atom. The molecular formula is C20H35N3O5S. The van der Waals surface area contributed by atoms with Gasteiger partial charge in [0.2, 0.25) is 5.91 Å². The molecule has 0 saturated carbocycles. The van der Waals surface area contributed by atoms with E-state index in [0.29, 0.717) is 19.5 Å². The van der Waals surface area contributed by atoms with Gasteiger partial charge in [0.15, 0.2) is 9.84 Å². The van der Waals surface area contributed by atoms with E-state index < -0.39 is 21.5 Å². The number of carbonyl (C=O) groups is 2. The van der Waals surface area contributed by atoms with E-state index in [-0.39, 0.29) is 35.4 Å². The standard InChI is InChI=1S/C20H35N3O5S/c1-20(2,3)28-19(25)23-11-7-8-15(12-23)18(24)21-16-13-29(26,27)14-17(16)22-9-5-4-6-10-22/h15-17H,4-14H2,1-3H3,(H,21,24). The van der Waals surface area contributed by atoms with E-state index in [1.807, 2.05) is 20.8 Å². The predicted molar refractivity (Wildman–Crippen MR) is 110 cm³/mol. The van der Waals surface area contributed by atoms with Gasteiger partial charge in [0, 0.05) is 19.1 Å². The Labute approximate surface area is 174 Å². The second kappa shape index (κ2) is 8.79. The number of likely N-dealkylation sites (tertiary alicyclic amines) is 2. The van der Waals surface area contributed by atoms with Gasteiger partial charge in [-0.2, -0.15) is 0 Å². The topological polar surface area (TPSA) is 96.0 Å². The normalized spacial score (nSPS) is 30.7. The molecule has 3 atom stereocenters. The molecule has 3 rings (SSSR count). The fraction of sp³-hybridized carbons (Fsp3) is 0.900. The summed E-state index contributed by atoms with van der Waals surface area (Å²) in [6.07, 6.45) is 4.35. The smallest absolute Gasteiger partial charge is 0.410 e. The van der Waals surface area contributed by atoms with Crippen LogP contribution in [0.4, 0.5) is 4.79 Å². The Hall–Kier alpha value is -1.35. The summed E-state index contributed by atoms with van der Waals surface area (Å²) in [5, 5.41) is 3.02. The summed E-state index contributed by atoms with van der Waals surface area (Å²) in [4.78, 5) is 29.1. The van der Waals surface area contributed by atoms with Crippen molar-refractivity contribution in [1.82, 2.24) is 15.1 Å². The van der Waals surface area contributed by atoms with Gasteiger partial charge in [0.05, 0.1) is 23.5 Å². The van der Waals surface area contributed by atoms with Crippen LogP contribution in [-0.2, 0) is 19.4 Å². The number of nitrogens with zero attached hydrogens (tertiary/aromatic N) is 2. The molecule has 3 saturated heterocycles. The van der Waals surface area contributed by atoms with Gasteiger partial charge in [-0.1, -0.05) is 6.42 Å². The average Bonchev–Trinajstić information content (AvgIpc) is 2.95.